The Bertz CT molecular complexity index is 217. The number of hydrogen-bond acceptors (Lipinski definition) is 2. The molecule has 1 heterocycles. The molecule has 3 unspecified atom stereocenters. The summed E-state index contributed by atoms with van der Waals surface area (Å²) in [7, 11) is 0. The molecule has 0 amide bonds. The van der Waals surface area contributed by atoms with E-state index in [-0.39, 0.29) is 6.29 Å². The minimum atomic E-state index is -0.0440. The molecule has 1 aliphatic rings. The first-order valence-electron chi connectivity index (χ1n) is 5.24. The van der Waals surface area contributed by atoms with Crippen molar-refractivity contribution in [3.05, 3.63) is 11.6 Å². The number of halogens is 2. The Balaban J connectivity index is 2.34. The molecular formula is C11H18BrIO2. The third-order valence-electron chi connectivity index (χ3n) is 2.31. The summed E-state index contributed by atoms with van der Waals surface area (Å²) in [6.07, 6.45) is 4.66. The van der Waals surface area contributed by atoms with E-state index in [2.05, 4.69) is 58.4 Å². The highest BCUT2D eigenvalue weighted by atomic mass is 127. The van der Waals surface area contributed by atoms with Gasteiger partial charge in [-0.05, 0) is 26.7 Å². The van der Waals surface area contributed by atoms with Crippen LogP contribution in [0.1, 0.15) is 26.7 Å². The fourth-order valence-electron chi connectivity index (χ4n) is 1.39. The molecule has 0 aromatic carbocycles. The molecule has 0 saturated carbocycles. The molecule has 0 radical (unpaired) electrons. The molecule has 0 bridgehead atoms. The normalized spacial score (nSPS) is 31.3. The second-order valence-electron chi connectivity index (χ2n) is 3.99. The molecule has 4 heteroatoms. The molecular weight excluding hydrogens is 371 g/mol. The van der Waals surface area contributed by atoms with Crippen molar-refractivity contribution in [1.82, 2.24) is 0 Å². The molecule has 0 aromatic heterocycles. The SMILES string of the molecule is CC(C)=CCOC1OC(CBr)CCC1I. The number of rotatable bonds is 4. The van der Waals surface area contributed by atoms with Crippen LogP contribution < -0.4 is 0 Å². The van der Waals surface area contributed by atoms with E-state index in [0.717, 1.165) is 11.8 Å². The maximum Gasteiger partial charge on any atom is 0.170 e. The van der Waals surface area contributed by atoms with Crippen LogP contribution in [0.4, 0.5) is 0 Å². The van der Waals surface area contributed by atoms with Crippen molar-refractivity contribution >= 4 is 38.5 Å². The summed E-state index contributed by atoms with van der Waals surface area (Å²) in [5.41, 5.74) is 1.29. The Labute approximate surface area is 114 Å². The van der Waals surface area contributed by atoms with Gasteiger partial charge in [0.1, 0.15) is 0 Å². The zero-order chi connectivity index (χ0) is 11.3. The van der Waals surface area contributed by atoms with Crippen LogP contribution in [0.25, 0.3) is 0 Å². The smallest absolute Gasteiger partial charge is 0.170 e. The van der Waals surface area contributed by atoms with Crippen molar-refractivity contribution < 1.29 is 9.47 Å². The predicted molar refractivity (Wildman–Crippen MR) is 74.9 cm³/mol. The summed E-state index contributed by atoms with van der Waals surface area (Å²) < 4.78 is 12.0. The third kappa shape index (κ3) is 5.15. The van der Waals surface area contributed by atoms with Crippen LogP contribution in [0, 0.1) is 0 Å². The molecule has 0 aliphatic carbocycles. The molecule has 0 N–H and O–H groups in total. The first-order chi connectivity index (χ1) is 7.13. The van der Waals surface area contributed by atoms with Gasteiger partial charge in [-0.2, -0.15) is 0 Å². The van der Waals surface area contributed by atoms with E-state index in [0.29, 0.717) is 16.6 Å². The van der Waals surface area contributed by atoms with Gasteiger partial charge in [0.15, 0.2) is 6.29 Å². The highest BCUT2D eigenvalue weighted by molar-refractivity contribution is 14.1. The Hall–Kier alpha value is 0.870. The van der Waals surface area contributed by atoms with Gasteiger partial charge in [-0.15, -0.1) is 0 Å². The summed E-state index contributed by atoms with van der Waals surface area (Å²) >= 11 is 5.87. The maximum atomic E-state index is 5.82. The van der Waals surface area contributed by atoms with Crippen LogP contribution in [-0.4, -0.2) is 28.3 Å². The summed E-state index contributed by atoms with van der Waals surface area (Å²) in [4.78, 5) is 0. The Morgan fingerprint density at radius 2 is 2.27 bits per heavy atom. The monoisotopic (exact) mass is 388 g/mol. The van der Waals surface area contributed by atoms with Crippen molar-refractivity contribution in [3.63, 3.8) is 0 Å². The second kappa shape index (κ2) is 7.25. The van der Waals surface area contributed by atoms with Crippen molar-refractivity contribution in [3.8, 4) is 0 Å². The van der Waals surface area contributed by atoms with Gasteiger partial charge >= 0.3 is 0 Å². The molecule has 1 aliphatic heterocycles. The van der Waals surface area contributed by atoms with E-state index in [1.807, 2.05) is 0 Å². The predicted octanol–water partition coefficient (Wildman–Crippen LogP) is 3.67. The van der Waals surface area contributed by atoms with E-state index >= 15 is 0 Å². The van der Waals surface area contributed by atoms with Crippen LogP contribution in [0.2, 0.25) is 0 Å². The van der Waals surface area contributed by atoms with E-state index in [4.69, 9.17) is 9.47 Å². The summed E-state index contributed by atoms with van der Waals surface area (Å²) in [6, 6.07) is 0. The van der Waals surface area contributed by atoms with Crippen LogP contribution in [0.15, 0.2) is 11.6 Å². The number of allylic oxidation sites excluding steroid dienone is 1. The summed E-state index contributed by atoms with van der Waals surface area (Å²) in [6.45, 7) is 4.81. The van der Waals surface area contributed by atoms with Gasteiger partial charge < -0.3 is 9.47 Å². The first-order valence-corrected chi connectivity index (χ1v) is 7.60. The summed E-state index contributed by atoms with van der Waals surface area (Å²) in [5.74, 6) is 0. The third-order valence-corrected chi connectivity index (χ3v) is 4.24. The van der Waals surface area contributed by atoms with E-state index in [1.54, 1.807) is 0 Å². The quantitative estimate of drug-likeness (QED) is 0.415. The molecule has 3 atom stereocenters. The number of hydrogen-bond donors (Lipinski definition) is 0. The number of alkyl halides is 2. The molecule has 1 saturated heterocycles. The fraction of sp³-hybridized carbons (Fsp3) is 0.818. The van der Waals surface area contributed by atoms with E-state index in [1.165, 1.54) is 12.0 Å². The molecule has 0 spiro atoms. The zero-order valence-corrected chi connectivity index (χ0v) is 13.0. The van der Waals surface area contributed by atoms with Gasteiger partial charge in [-0.3, -0.25) is 0 Å². The average Bonchev–Trinajstić information content (AvgIpc) is 2.20. The van der Waals surface area contributed by atoms with Gasteiger partial charge in [-0.25, -0.2) is 0 Å². The Morgan fingerprint density at radius 1 is 1.53 bits per heavy atom. The van der Waals surface area contributed by atoms with Gasteiger partial charge in [-0.1, -0.05) is 50.2 Å². The second-order valence-corrected chi connectivity index (χ2v) is 6.24. The zero-order valence-electron chi connectivity index (χ0n) is 9.21. The fourth-order valence-corrected chi connectivity index (χ4v) is 2.60. The van der Waals surface area contributed by atoms with Crippen LogP contribution >= 0.6 is 38.5 Å². The van der Waals surface area contributed by atoms with Crippen LogP contribution in [0.5, 0.6) is 0 Å². The van der Waals surface area contributed by atoms with Gasteiger partial charge in [0.25, 0.3) is 0 Å². The lowest BCUT2D eigenvalue weighted by atomic mass is 10.1. The minimum Gasteiger partial charge on any atom is -0.347 e. The van der Waals surface area contributed by atoms with Crippen molar-refractivity contribution in [2.24, 2.45) is 0 Å². The van der Waals surface area contributed by atoms with E-state index < -0.39 is 0 Å². The highest BCUT2D eigenvalue weighted by Gasteiger charge is 2.29. The molecule has 88 valence electrons. The lowest BCUT2D eigenvalue weighted by molar-refractivity contribution is -0.174. The molecule has 0 aromatic rings. The standard InChI is InChI=1S/C11H18BrIO2/c1-8(2)5-6-14-11-10(13)4-3-9(7-12)15-11/h5,9-11H,3-4,6-7H2,1-2H3. The van der Waals surface area contributed by atoms with Gasteiger partial charge in [0, 0.05) is 5.33 Å². The minimum absolute atomic E-state index is 0.0440. The van der Waals surface area contributed by atoms with Crippen molar-refractivity contribution in [1.29, 1.82) is 0 Å². The first kappa shape index (κ1) is 13.9. The van der Waals surface area contributed by atoms with Gasteiger partial charge in [0.05, 0.1) is 16.6 Å². The van der Waals surface area contributed by atoms with Crippen molar-refractivity contribution in [2.75, 3.05) is 11.9 Å². The molecule has 1 fully saturated rings. The molecule has 15 heavy (non-hydrogen) atoms. The lowest BCUT2D eigenvalue weighted by Crippen LogP contribution is -2.38. The summed E-state index contributed by atoms with van der Waals surface area (Å²) in [5, 5.41) is 0.902. The Morgan fingerprint density at radius 3 is 2.87 bits per heavy atom. The largest absolute Gasteiger partial charge is 0.347 e. The average molecular weight is 389 g/mol. The topological polar surface area (TPSA) is 18.5 Å². The van der Waals surface area contributed by atoms with Crippen LogP contribution in [0.3, 0.4) is 0 Å². The molecule has 2 nitrogen and oxygen atoms in total. The van der Waals surface area contributed by atoms with Gasteiger partial charge in [0.2, 0.25) is 0 Å². The molecule has 1 rings (SSSR count). The lowest BCUT2D eigenvalue weighted by Gasteiger charge is -2.32. The Kier molecular flexibility index (Phi) is 6.73. The number of ether oxygens (including phenoxy) is 2. The van der Waals surface area contributed by atoms with Crippen LogP contribution in [-0.2, 0) is 9.47 Å². The highest BCUT2D eigenvalue weighted by Crippen LogP contribution is 2.27. The van der Waals surface area contributed by atoms with Crippen molar-refractivity contribution in [2.45, 2.75) is 43.0 Å². The maximum absolute atomic E-state index is 5.82. The van der Waals surface area contributed by atoms with E-state index in [9.17, 15) is 0 Å².